The molecule has 0 aliphatic rings. The first-order chi connectivity index (χ1) is 9.56. The fraction of sp³-hybridized carbons (Fsp3) is 0.154. The van der Waals surface area contributed by atoms with Gasteiger partial charge < -0.3 is 5.11 Å². The van der Waals surface area contributed by atoms with E-state index in [4.69, 9.17) is 5.26 Å². The highest BCUT2D eigenvalue weighted by atomic mass is 32.2. The van der Waals surface area contributed by atoms with Gasteiger partial charge in [-0.1, -0.05) is 30.3 Å². The van der Waals surface area contributed by atoms with E-state index >= 15 is 0 Å². The number of aliphatic hydroxyl groups is 1. The lowest BCUT2D eigenvalue weighted by atomic mass is 10.1. The number of nitriles is 1. The maximum Gasteiger partial charge on any atom is 0.250 e. The molecule has 0 bridgehead atoms. The van der Waals surface area contributed by atoms with Gasteiger partial charge in [-0.15, -0.1) is 11.3 Å². The van der Waals surface area contributed by atoms with Crippen LogP contribution in [0.3, 0.4) is 0 Å². The monoisotopic (exact) mass is 308 g/mol. The molecule has 1 aromatic carbocycles. The van der Waals surface area contributed by atoms with Crippen molar-refractivity contribution in [1.29, 1.82) is 5.26 Å². The lowest BCUT2D eigenvalue weighted by molar-refractivity contribution is 0.259. The second-order valence-electron chi connectivity index (χ2n) is 4.00. The van der Waals surface area contributed by atoms with Gasteiger partial charge in [-0.3, -0.25) is 0 Å². The molecule has 2 aromatic rings. The van der Waals surface area contributed by atoms with Crippen molar-refractivity contribution in [2.75, 3.05) is 6.61 Å². The van der Waals surface area contributed by atoms with E-state index in [0.717, 1.165) is 11.3 Å². The number of aliphatic hydroxyl groups excluding tert-OH is 1. The normalized spacial score (nSPS) is 12.8. The molecule has 0 saturated carbocycles. The molecule has 5 nitrogen and oxygen atoms in total. The van der Waals surface area contributed by atoms with E-state index in [0.29, 0.717) is 10.4 Å². The predicted molar refractivity (Wildman–Crippen MR) is 75.6 cm³/mol. The van der Waals surface area contributed by atoms with E-state index < -0.39 is 16.1 Å². The highest BCUT2D eigenvalue weighted by molar-refractivity contribution is 7.91. The first-order valence-electron chi connectivity index (χ1n) is 5.75. The molecule has 0 aliphatic heterocycles. The minimum absolute atomic E-state index is 0.0587. The Morgan fingerprint density at radius 3 is 2.50 bits per heavy atom. The van der Waals surface area contributed by atoms with Crippen molar-refractivity contribution in [3.8, 4) is 6.07 Å². The van der Waals surface area contributed by atoms with Crippen LogP contribution in [0.25, 0.3) is 0 Å². The zero-order valence-corrected chi connectivity index (χ0v) is 12.0. The average Bonchev–Trinajstić information content (AvgIpc) is 2.95. The number of hydrogen-bond acceptors (Lipinski definition) is 5. The molecule has 2 N–H and O–H groups in total. The van der Waals surface area contributed by atoms with Crippen molar-refractivity contribution in [3.63, 3.8) is 0 Å². The Kier molecular flexibility index (Phi) is 4.52. The first-order valence-corrected chi connectivity index (χ1v) is 8.05. The topological polar surface area (TPSA) is 90.2 Å². The summed E-state index contributed by atoms with van der Waals surface area (Å²) in [6.07, 6.45) is 0. The summed E-state index contributed by atoms with van der Waals surface area (Å²) in [4.78, 5) is 0.325. The smallest absolute Gasteiger partial charge is 0.250 e. The Balaban J connectivity index is 2.25. The summed E-state index contributed by atoms with van der Waals surface area (Å²) in [5, 5.41) is 18.1. The molecule has 0 fully saturated rings. The van der Waals surface area contributed by atoms with Gasteiger partial charge in [0.25, 0.3) is 10.0 Å². The molecule has 2 rings (SSSR count). The Hall–Kier alpha value is -1.72. The van der Waals surface area contributed by atoms with Crippen molar-refractivity contribution in [2.24, 2.45) is 0 Å². The standard InChI is InChI=1S/C13H12N2O3S2/c14-8-11-6-7-13(19-11)20(17,18)15-12(9-16)10-4-2-1-3-5-10/h1-7,12,15-16H,9H2/t12-/m1/s1. The maximum absolute atomic E-state index is 12.2. The summed E-state index contributed by atoms with van der Waals surface area (Å²) in [6, 6.07) is 12.8. The third-order valence-corrected chi connectivity index (χ3v) is 5.59. The molecule has 104 valence electrons. The number of sulfonamides is 1. The molecule has 1 atom stereocenters. The number of thiophene rings is 1. The molecule has 7 heteroatoms. The molecule has 0 amide bonds. The van der Waals surface area contributed by atoms with Crippen LogP contribution in [0.15, 0.2) is 46.7 Å². The van der Waals surface area contributed by atoms with Crippen molar-refractivity contribution in [3.05, 3.63) is 52.9 Å². The van der Waals surface area contributed by atoms with Gasteiger partial charge in [0, 0.05) is 0 Å². The summed E-state index contributed by atoms with van der Waals surface area (Å²) in [6.45, 7) is -0.347. The second kappa shape index (κ2) is 6.15. The number of benzene rings is 1. The van der Waals surface area contributed by atoms with Gasteiger partial charge in [0.2, 0.25) is 0 Å². The quantitative estimate of drug-likeness (QED) is 0.878. The molecule has 20 heavy (non-hydrogen) atoms. The molecular weight excluding hydrogens is 296 g/mol. The summed E-state index contributed by atoms with van der Waals surface area (Å²) < 4.78 is 26.9. The van der Waals surface area contributed by atoms with Crippen LogP contribution in [-0.4, -0.2) is 20.1 Å². The SMILES string of the molecule is N#Cc1ccc(S(=O)(=O)N[C@H](CO)c2ccccc2)s1. The van der Waals surface area contributed by atoms with Crippen molar-refractivity contribution < 1.29 is 13.5 Å². The first kappa shape index (κ1) is 14.7. The van der Waals surface area contributed by atoms with Crippen LogP contribution in [0.4, 0.5) is 0 Å². The number of nitrogens with one attached hydrogen (secondary N) is 1. The van der Waals surface area contributed by atoms with Gasteiger partial charge >= 0.3 is 0 Å². The summed E-state index contributed by atoms with van der Waals surface area (Å²) in [5.41, 5.74) is 0.677. The van der Waals surface area contributed by atoms with E-state index in [9.17, 15) is 13.5 Å². The summed E-state index contributed by atoms with van der Waals surface area (Å²) >= 11 is 0.894. The number of nitrogens with zero attached hydrogens (tertiary/aromatic N) is 1. The van der Waals surface area contributed by atoms with Crippen molar-refractivity contribution >= 4 is 21.4 Å². The van der Waals surface area contributed by atoms with Gasteiger partial charge in [0.1, 0.15) is 15.2 Å². The average molecular weight is 308 g/mol. The van der Waals surface area contributed by atoms with E-state index in [1.165, 1.54) is 12.1 Å². The largest absolute Gasteiger partial charge is 0.394 e. The Bertz CT molecular complexity index is 718. The van der Waals surface area contributed by atoms with Crippen LogP contribution in [0.2, 0.25) is 0 Å². The molecule has 0 aliphatic carbocycles. The van der Waals surface area contributed by atoms with Crippen molar-refractivity contribution in [2.45, 2.75) is 10.3 Å². The van der Waals surface area contributed by atoms with Crippen LogP contribution in [-0.2, 0) is 10.0 Å². The Morgan fingerprint density at radius 1 is 1.25 bits per heavy atom. The number of hydrogen-bond donors (Lipinski definition) is 2. The maximum atomic E-state index is 12.2. The molecule has 1 aromatic heterocycles. The molecule has 0 spiro atoms. The van der Waals surface area contributed by atoms with Gasteiger partial charge in [-0.05, 0) is 17.7 Å². The Labute approximate surface area is 121 Å². The van der Waals surface area contributed by atoms with Gasteiger partial charge in [0.15, 0.2) is 0 Å². The van der Waals surface area contributed by atoms with Crippen LogP contribution in [0.1, 0.15) is 16.5 Å². The van der Waals surface area contributed by atoms with Crippen LogP contribution in [0, 0.1) is 11.3 Å². The minimum Gasteiger partial charge on any atom is -0.394 e. The second-order valence-corrected chi connectivity index (χ2v) is 7.02. The van der Waals surface area contributed by atoms with Crippen molar-refractivity contribution in [1.82, 2.24) is 4.72 Å². The molecule has 0 saturated heterocycles. The highest BCUT2D eigenvalue weighted by Crippen LogP contribution is 2.23. The molecule has 1 heterocycles. The molecule has 0 unspecified atom stereocenters. The van der Waals surface area contributed by atoms with E-state index in [-0.39, 0.29) is 10.8 Å². The third kappa shape index (κ3) is 3.23. The molecular formula is C13H12N2O3S2. The van der Waals surface area contributed by atoms with Crippen LogP contribution in [0.5, 0.6) is 0 Å². The summed E-state index contributed by atoms with van der Waals surface area (Å²) in [7, 11) is -3.75. The lowest BCUT2D eigenvalue weighted by Crippen LogP contribution is -2.30. The number of rotatable bonds is 5. The van der Waals surface area contributed by atoms with Crippen LogP contribution < -0.4 is 4.72 Å². The Morgan fingerprint density at radius 2 is 1.95 bits per heavy atom. The summed E-state index contributed by atoms with van der Waals surface area (Å²) in [5.74, 6) is 0. The minimum atomic E-state index is -3.75. The lowest BCUT2D eigenvalue weighted by Gasteiger charge is -2.16. The third-order valence-electron chi connectivity index (χ3n) is 2.64. The van der Waals surface area contributed by atoms with E-state index in [1.807, 2.05) is 12.1 Å². The van der Waals surface area contributed by atoms with Gasteiger partial charge in [-0.25, -0.2) is 13.1 Å². The highest BCUT2D eigenvalue weighted by Gasteiger charge is 2.22. The van der Waals surface area contributed by atoms with Gasteiger partial charge in [0.05, 0.1) is 12.6 Å². The fourth-order valence-electron chi connectivity index (χ4n) is 1.67. The zero-order chi connectivity index (χ0) is 14.6. The fourth-order valence-corrected chi connectivity index (χ4v) is 4.00. The molecule has 0 radical (unpaired) electrons. The van der Waals surface area contributed by atoms with E-state index in [2.05, 4.69) is 4.72 Å². The zero-order valence-electron chi connectivity index (χ0n) is 10.4. The van der Waals surface area contributed by atoms with Crippen LogP contribution >= 0.6 is 11.3 Å². The van der Waals surface area contributed by atoms with E-state index in [1.54, 1.807) is 24.3 Å². The predicted octanol–water partition coefficient (Wildman–Crippen LogP) is 1.63. The van der Waals surface area contributed by atoms with Gasteiger partial charge in [-0.2, -0.15) is 5.26 Å².